The Bertz CT molecular complexity index is 1120. The van der Waals surface area contributed by atoms with E-state index in [4.69, 9.17) is 10.5 Å². The predicted molar refractivity (Wildman–Crippen MR) is 126 cm³/mol. The zero-order valence-corrected chi connectivity index (χ0v) is 18.3. The van der Waals surface area contributed by atoms with E-state index in [2.05, 4.69) is 54.4 Å². The molecule has 0 aliphatic carbocycles. The fourth-order valence-corrected chi connectivity index (χ4v) is 3.79. The third-order valence-electron chi connectivity index (χ3n) is 5.65. The van der Waals surface area contributed by atoms with Crippen molar-refractivity contribution in [2.75, 3.05) is 16.8 Å². The highest BCUT2D eigenvalue weighted by Gasteiger charge is 2.20. The number of hydrogen-bond donors (Lipinski definition) is 2. The van der Waals surface area contributed by atoms with Crippen molar-refractivity contribution in [2.45, 2.75) is 32.9 Å². The average Bonchev–Trinajstić information content (AvgIpc) is 3.21. The molecule has 0 bridgehead atoms. The van der Waals surface area contributed by atoms with Gasteiger partial charge >= 0.3 is 0 Å². The van der Waals surface area contributed by atoms with E-state index >= 15 is 0 Å². The Morgan fingerprint density at radius 3 is 2.31 bits per heavy atom. The summed E-state index contributed by atoms with van der Waals surface area (Å²) in [6, 6.07) is 21.1. The van der Waals surface area contributed by atoms with E-state index in [1.807, 2.05) is 12.1 Å². The Kier molecular flexibility index (Phi) is 6.12. The van der Waals surface area contributed by atoms with Gasteiger partial charge in [0, 0.05) is 30.0 Å². The first-order valence-corrected chi connectivity index (χ1v) is 10.7. The summed E-state index contributed by atoms with van der Waals surface area (Å²) >= 11 is 0. The lowest BCUT2D eigenvalue weighted by atomic mass is 10.0. The van der Waals surface area contributed by atoms with Gasteiger partial charge in [0.15, 0.2) is 6.61 Å². The summed E-state index contributed by atoms with van der Waals surface area (Å²) in [5.41, 5.74) is 11.4. The second-order valence-electron chi connectivity index (χ2n) is 8.31. The molecule has 0 saturated heterocycles. The molecule has 32 heavy (non-hydrogen) atoms. The third-order valence-corrected chi connectivity index (χ3v) is 5.65. The number of carbonyl (C=O) groups excluding carboxylic acids is 2. The number of nitrogens with one attached hydrogen (secondary N) is 1. The standard InChI is InChI=1S/C26H27N3O3/c1-17(2)18-4-9-23(10-5-18)29-14-20-3-8-22(13-21(20)15-29)28-25(30)16-32-24-11-6-19(7-12-24)26(27)31/h3-13,17H,14-16H2,1-2H3,(H2,27,31)(H,28,30). The molecule has 0 atom stereocenters. The summed E-state index contributed by atoms with van der Waals surface area (Å²) in [4.78, 5) is 25.8. The lowest BCUT2D eigenvalue weighted by molar-refractivity contribution is -0.118. The SMILES string of the molecule is CC(C)c1ccc(N2Cc3ccc(NC(=O)COc4ccc(C(N)=O)cc4)cc3C2)cc1. The first-order valence-electron chi connectivity index (χ1n) is 10.7. The quantitative estimate of drug-likeness (QED) is 0.581. The van der Waals surface area contributed by atoms with Gasteiger partial charge in [0.05, 0.1) is 0 Å². The highest BCUT2D eigenvalue weighted by atomic mass is 16.5. The van der Waals surface area contributed by atoms with Gasteiger partial charge < -0.3 is 20.7 Å². The molecule has 0 spiro atoms. The van der Waals surface area contributed by atoms with Crippen LogP contribution in [0.2, 0.25) is 0 Å². The number of amides is 2. The lowest BCUT2D eigenvalue weighted by Crippen LogP contribution is -2.20. The smallest absolute Gasteiger partial charge is 0.262 e. The molecule has 0 saturated carbocycles. The second-order valence-corrected chi connectivity index (χ2v) is 8.31. The van der Waals surface area contributed by atoms with Crippen LogP contribution in [0.25, 0.3) is 0 Å². The average molecular weight is 430 g/mol. The number of benzene rings is 3. The zero-order chi connectivity index (χ0) is 22.7. The van der Waals surface area contributed by atoms with Crippen molar-refractivity contribution < 1.29 is 14.3 Å². The van der Waals surface area contributed by atoms with Gasteiger partial charge in [-0.1, -0.05) is 32.0 Å². The van der Waals surface area contributed by atoms with Crippen LogP contribution in [0.15, 0.2) is 66.7 Å². The van der Waals surface area contributed by atoms with Crippen molar-refractivity contribution in [1.82, 2.24) is 0 Å². The lowest BCUT2D eigenvalue weighted by Gasteiger charge is -2.18. The molecule has 6 nitrogen and oxygen atoms in total. The molecule has 0 unspecified atom stereocenters. The number of carbonyl (C=O) groups is 2. The summed E-state index contributed by atoms with van der Waals surface area (Å²) in [7, 11) is 0. The van der Waals surface area contributed by atoms with Gasteiger partial charge in [0.1, 0.15) is 5.75 Å². The van der Waals surface area contributed by atoms with Crippen LogP contribution in [-0.4, -0.2) is 18.4 Å². The van der Waals surface area contributed by atoms with Crippen LogP contribution < -0.4 is 20.7 Å². The molecule has 2 amide bonds. The molecule has 1 aliphatic heterocycles. The number of primary amides is 1. The van der Waals surface area contributed by atoms with Gasteiger partial charge in [-0.15, -0.1) is 0 Å². The highest BCUT2D eigenvalue weighted by Crippen LogP contribution is 2.31. The molecule has 6 heteroatoms. The van der Waals surface area contributed by atoms with E-state index in [0.717, 1.165) is 18.8 Å². The maximum absolute atomic E-state index is 12.3. The van der Waals surface area contributed by atoms with Gasteiger partial charge in [-0.2, -0.15) is 0 Å². The van der Waals surface area contributed by atoms with E-state index in [1.165, 1.54) is 22.4 Å². The molecule has 0 aromatic heterocycles. The number of anilines is 2. The number of ether oxygens (including phenoxy) is 1. The van der Waals surface area contributed by atoms with E-state index in [9.17, 15) is 9.59 Å². The van der Waals surface area contributed by atoms with Crippen LogP contribution in [0.4, 0.5) is 11.4 Å². The molecule has 164 valence electrons. The van der Waals surface area contributed by atoms with E-state index in [0.29, 0.717) is 17.2 Å². The zero-order valence-electron chi connectivity index (χ0n) is 18.3. The normalized spacial score (nSPS) is 12.5. The van der Waals surface area contributed by atoms with Crippen molar-refractivity contribution in [3.63, 3.8) is 0 Å². The summed E-state index contributed by atoms with van der Waals surface area (Å²) in [6.45, 7) is 5.93. The minimum Gasteiger partial charge on any atom is -0.484 e. The Morgan fingerprint density at radius 2 is 1.66 bits per heavy atom. The minimum atomic E-state index is -0.503. The van der Waals surface area contributed by atoms with Crippen LogP contribution in [0.1, 0.15) is 46.8 Å². The molecule has 3 aromatic rings. The molecule has 0 fully saturated rings. The van der Waals surface area contributed by atoms with E-state index in [1.54, 1.807) is 24.3 Å². The first-order chi connectivity index (χ1) is 15.4. The van der Waals surface area contributed by atoms with Gasteiger partial charge in [-0.05, 0) is 71.1 Å². The largest absolute Gasteiger partial charge is 0.484 e. The van der Waals surface area contributed by atoms with Gasteiger partial charge in [-0.25, -0.2) is 0 Å². The Balaban J connectivity index is 1.33. The number of nitrogens with two attached hydrogens (primary N) is 1. The van der Waals surface area contributed by atoms with Crippen molar-refractivity contribution >= 4 is 23.2 Å². The molecule has 1 aliphatic rings. The van der Waals surface area contributed by atoms with E-state index < -0.39 is 5.91 Å². The van der Waals surface area contributed by atoms with Crippen LogP contribution >= 0.6 is 0 Å². The molecule has 4 rings (SSSR count). The molecule has 3 aromatic carbocycles. The van der Waals surface area contributed by atoms with Crippen LogP contribution in [-0.2, 0) is 17.9 Å². The van der Waals surface area contributed by atoms with Crippen molar-refractivity contribution in [3.05, 3.63) is 89.0 Å². The Hall–Kier alpha value is -3.80. The van der Waals surface area contributed by atoms with Gasteiger partial charge in [-0.3, -0.25) is 9.59 Å². The molecule has 0 radical (unpaired) electrons. The number of rotatable bonds is 7. The Morgan fingerprint density at radius 1 is 0.969 bits per heavy atom. The summed E-state index contributed by atoms with van der Waals surface area (Å²) in [6.07, 6.45) is 0. The van der Waals surface area contributed by atoms with Crippen LogP contribution in [0, 0.1) is 0 Å². The highest BCUT2D eigenvalue weighted by molar-refractivity contribution is 5.93. The van der Waals surface area contributed by atoms with Crippen LogP contribution in [0.3, 0.4) is 0 Å². The van der Waals surface area contributed by atoms with E-state index in [-0.39, 0.29) is 12.5 Å². The maximum Gasteiger partial charge on any atom is 0.262 e. The summed E-state index contributed by atoms with van der Waals surface area (Å²) in [5.74, 6) is 0.266. The third kappa shape index (κ3) is 4.91. The number of nitrogens with zero attached hydrogens (tertiary/aromatic N) is 1. The van der Waals surface area contributed by atoms with Gasteiger partial charge in [0.25, 0.3) is 5.91 Å². The predicted octanol–water partition coefficient (Wildman–Crippen LogP) is 4.45. The monoisotopic (exact) mass is 429 g/mol. The summed E-state index contributed by atoms with van der Waals surface area (Å²) < 4.78 is 5.50. The second kappa shape index (κ2) is 9.14. The fourth-order valence-electron chi connectivity index (χ4n) is 3.79. The van der Waals surface area contributed by atoms with Crippen molar-refractivity contribution in [3.8, 4) is 5.75 Å². The van der Waals surface area contributed by atoms with Crippen molar-refractivity contribution in [2.24, 2.45) is 5.73 Å². The maximum atomic E-state index is 12.3. The first kappa shape index (κ1) is 21.4. The molecule has 3 N–H and O–H groups in total. The Labute approximate surface area is 188 Å². The summed E-state index contributed by atoms with van der Waals surface area (Å²) in [5, 5.41) is 2.89. The van der Waals surface area contributed by atoms with Crippen LogP contribution in [0.5, 0.6) is 5.75 Å². The number of fused-ring (bicyclic) bond motifs is 1. The number of hydrogen-bond acceptors (Lipinski definition) is 4. The van der Waals surface area contributed by atoms with Crippen molar-refractivity contribution in [1.29, 1.82) is 0 Å². The van der Waals surface area contributed by atoms with Gasteiger partial charge in [0.2, 0.25) is 5.91 Å². The minimum absolute atomic E-state index is 0.124. The molecular weight excluding hydrogens is 402 g/mol. The molecule has 1 heterocycles. The molecular formula is C26H27N3O3. The topological polar surface area (TPSA) is 84.7 Å². The fraction of sp³-hybridized carbons (Fsp3) is 0.231.